The number of amides is 1. The standard InChI is InChI=1S/C28H30FN3O6/c1-2-35-28(34)21-8-10-32(11-9-21)27(33)23-17-36-26(30-23)16-31(14-19-4-3-5-22(29)12-19)15-20-6-7-24-25(13-20)38-18-37-24/h3-7,12-13,17,21H,2,8-11,14-16,18H2,1H3. The summed E-state index contributed by atoms with van der Waals surface area (Å²) in [6, 6.07) is 12.2. The molecule has 1 amide bonds. The third-order valence-electron chi connectivity index (χ3n) is 6.67. The maximum Gasteiger partial charge on any atom is 0.309 e. The van der Waals surface area contributed by atoms with Crippen molar-refractivity contribution in [3.05, 3.63) is 77.3 Å². The van der Waals surface area contributed by atoms with Crippen molar-refractivity contribution in [2.45, 2.75) is 39.4 Å². The van der Waals surface area contributed by atoms with Crippen LogP contribution in [0.3, 0.4) is 0 Å². The third-order valence-corrected chi connectivity index (χ3v) is 6.67. The Kier molecular flexibility index (Phi) is 7.88. The molecule has 1 saturated heterocycles. The molecule has 0 atom stereocenters. The van der Waals surface area contributed by atoms with Crippen LogP contribution in [-0.4, -0.2) is 53.1 Å². The highest BCUT2D eigenvalue weighted by molar-refractivity contribution is 5.92. The van der Waals surface area contributed by atoms with E-state index < -0.39 is 0 Å². The second-order valence-corrected chi connectivity index (χ2v) is 9.41. The van der Waals surface area contributed by atoms with E-state index in [1.807, 2.05) is 24.3 Å². The lowest BCUT2D eigenvalue weighted by molar-refractivity contribution is -0.149. The van der Waals surface area contributed by atoms with E-state index in [2.05, 4.69) is 9.88 Å². The first-order valence-corrected chi connectivity index (χ1v) is 12.7. The number of aromatic nitrogens is 1. The van der Waals surface area contributed by atoms with Crippen LogP contribution in [0.4, 0.5) is 4.39 Å². The number of likely N-dealkylation sites (tertiary alicyclic amines) is 1. The molecule has 0 bridgehead atoms. The SMILES string of the molecule is CCOC(=O)C1CCN(C(=O)c2coc(CN(Cc3cccc(F)c3)Cc3ccc4c(c3)OCO4)n2)CC1. The van der Waals surface area contributed by atoms with Crippen molar-refractivity contribution in [2.24, 2.45) is 5.92 Å². The van der Waals surface area contributed by atoms with Gasteiger partial charge in [0.15, 0.2) is 17.2 Å². The largest absolute Gasteiger partial charge is 0.466 e. The average Bonchev–Trinajstić information content (AvgIpc) is 3.58. The summed E-state index contributed by atoms with van der Waals surface area (Å²) >= 11 is 0. The van der Waals surface area contributed by atoms with Gasteiger partial charge in [-0.05, 0) is 55.2 Å². The van der Waals surface area contributed by atoms with Crippen LogP contribution in [0.15, 0.2) is 53.1 Å². The predicted octanol–water partition coefficient (Wildman–Crippen LogP) is 4.16. The van der Waals surface area contributed by atoms with Crippen molar-refractivity contribution in [3.63, 3.8) is 0 Å². The summed E-state index contributed by atoms with van der Waals surface area (Å²) in [5.74, 6) is 0.850. The Morgan fingerprint density at radius 3 is 2.58 bits per heavy atom. The fraction of sp³-hybridized carbons (Fsp3) is 0.393. The molecular formula is C28H30FN3O6. The number of ether oxygens (including phenoxy) is 3. The maximum atomic E-state index is 13.8. The van der Waals surface area contributed by atoms with Gasteiger partial charge in [-0.15, -0.1) is 0 Å². The van der Waals surface area contributed by atoms with Gasteiger partial charge in [0.2, 0.25) is 12.7 Å². The average molecular weight is 524 g/mol. The molecular weight excluding hydrogens is 493 g/mol. The first kappa shape index (κ1) is 25.7. The first-order chi connectivity index (χ1) is 18.5. The zero-order valence-corrected chi connectivity index (χ0v) is 21.2. The number of carbonyl (C=O) groups excluding carboxylic acids is 2. The molecule has 1 fully saturated rings. The van der Waals surface area contributed by atoms with E-state index in [4.69, 9.17) is 18.6 Å². The lowest BCUT2D eigenvalue weighted by Crippen LogP contribution is -2.40. The Labute approximate surface area is 220 Å². The molecule has 200 valence electrons. The molecule has 0 unspecified atom stereocenters. The molecule has 0 N–H and O–H groups in total. The smallest absolute Gasteiger partial charge is 0.309 e. The highest BCUT2D eigenvalue weighted by Crippen LogP contribution is 2.33. The Morgan fingerprint density at radius 2 is 1.82 bits per heavy atom. The number of nitrogens with zero attached hydrogens (tertiary/aromatic N) is 3. The molecule has 3 heterocycles. The Balaban J connectivity index is 1.26. The number of carbonyl (C=O) groups is 2. The van der Waals surface area contributed by atoms with E-state index in [9.17, 15) is 14.0 Å². The van der Waals surface area contributed by atoms with Crippen molar-refractivity contribution in [1.29, 1.82) is 0 Å². The number of piperidine rings is 1. The third kappa shape index (κ3) is 6.13. The van der Waals surface area contributed by atoms with Crippen LogP contribution in [0, 0.1) is 11.7 Å². The minimum absolute atomic E-state index is 0.181. The molecule has 0 saturated carbocycles. The summed E-state index contributed by atoms with van der Waals surface area (Å²) in [4.78, 5) is 33.2. The lowest BCUT2D eigenvalue weighted by atomic mass is 9.97. The minimum atomic E-state index is -0.304. The number of hydrogen-bond donors (Lipinski definition) is 0. The molecule has 0 radical (unpaired) electrons. The second-order valence-electron chi connectivity index (χ2n) is 9.41. The highest BCUT2D eigenvalue weighted by atomic mass is 19.1. The summed E-state index contributed by atoms with van der Waals surface area (Å²) in [7, 11) is 0. The number of halogens is 1. The molecule has 1 aromatic heterocycles. The van der Waals surface area contributed by atoms with E-state index in [1.165, 1.54) is 18.4 Å². The zero-order chi connectivity index (χ0) is 26.5. The maximum absolute atomic E-state index is 13.8. The number of esters is 1. The van der Waals surface area contributed by atoms with Gasteiger partial charge in [0.05, 0.1) is 19.1 Å². The summed E-state index contributed by atoms with van der Waals surface area (Å²) in [5, 5.41) is 0. The number of fused-ring (bicyclic) bond motifs is 1. The van der Waals surface area contributed by atoms with E-state index in [1.54, 1.807) is 17.9 Å². The van der Waals surface area contributed by atoms with Crippen molar-refractivity contribution in [2.75, 3.05) is 26.5 Å². The summed E-state index contributed by atoms with van der Waals surface area (Å²) in [6.45, 7) is 4.51. The summed E-state index contributed by atoms with van der Waals surface area (Å²) < 4.78 is 35.5. The molecule has 2 aliphatic heterocycles. The summed E-state index contributed by atoms with van der Waals surface area (Å²) in [5.41, 5.74) is 2.01. The number of oxazole rings is 1. The molecule has 38 heavy (non-hydrogen) atoms. The number of rotatable bonds is 9. The number of hydrogen-bond acceptors (Lipinski definition) is 8. The lowest BCUT2D eigenvalue weighted by Gasteiger charge is -2.30. The Morgan fingerprint density at radius 1 is 1.05 bits per heavy atom. The van der Waals surface area contributed by atoms with Crippen LogP contribution < -0.4 is 9.47 Å². The first-order valence-electron chi connectivity index (χ1n) is 12.7. The topological polar surface area (TPSA) is 94.3 Å². The van der Waals surface area contributed by atoms with E-state index in [0.29, 0.717) is 69.6 Å². The normalized spacial score (nSPS) is 15.2. The van der Waals surface area contributed by atoms with E-state index in [-0.39, 0.29) is 36.1 Å². The molecule has 5 rings (SSSR count). The van der Waals surface area contributed by atoms with E-state index >= 15 is 0 Å². The van der Waals surface area contributed by atoms with Gasteiger partial charge in [-0.1, -0.05) is 18.2 Å². The molecule has 10 heteroatoms. The van der Waals surface area contributed by atoms with Gasteiger partial charge in [0.25, 0.3) is 5.91 Å². The van der Waals surface area contributed by atoms with Crippen LogP contribution in [0.1, 0.15) is 47.3 Å². The molecule has 9 nitrogen and oxygen atoms in total. The quantitative estimate of drug-likeness (QED) is 0.386. The van der Waals surface area contributed by atoms with Crippen LogP contribution in [0.5, 0.6) is 11.5 Å². The van der Waals surface area contributed by atoms with Gasteiger partial charge in [0, 0.05) is 26.2 Å². The van der Waals surface area contributed by atoms with Crippen molar-refractivity contribution >= 4 is 11.9 Å². The fourth-order valence-corrected chi connectivity index (χ4v) is 4.77. The van der Waals surface area contributed by atoms with Gasteiger partial charge in [-0.25, -0.2) is 9.37 Å². The van der Waals surface area contributed by atoms with Gasteiger partial charge in [0.1, 0.15) is 12.1 Å². The monoisotopic (exact) mass is 523 g/mol. The molecule has 2 aliphatic rings. The number of benzene rings is 2. The van der Waals surface area contributed by atoms with Crippen LogP contribution in [0.2, 0.25) is 0 Å². The molecule has 0 spiro atoms. The van der Waals surface area contributed by atoms with Gasteiger partial charge in [-0.3, -0.25) is 14.5 Å². The van der Waals surface area contributed by atoms with Crippen molar-refractivity contribution in [3.8, 4) is 11.5 Å². The molecule has 3 aromatic rings. The molecule has 0 aliphatic carbocycles. The van der Waals surface area contributed by atoms with Gasteiger partial charge in [-0.2, -0.15) is 0 Å². The molecule has 2 aromatic carbocycles. The zero-order valence-electron chi connectivity index (χ0n) is 21.2. The van der Waals surface area contributed by atoms with Crippen LogP contribution in [-0.2, 0) is 29.2 Å². The Bertz CT molecular complexity index is 1290. The predicted molar refractivity (Wildman–Crippen MR) is 134 cm³/mol. The minimum Gasteiger partial charge on any atom is -0.466 e. The van der Waals surface area contributed by atoms with E-state index in [0.717, 1.165) is 11.1 Å². The van der Waals surface area contributed by atoms with Crippen molar-refractivity contribution in [1.82, 2.24) is 14.8 Å². The second kappa shape index (κ2) is 11.6. The highest BCUT2D eigenvalue weighted by Gasteiger charge is 2.30. The van der Waals surface area contributed by atoms with Crippen LogP contribution >= 0.6 is 0 Å². The summed E-state index contributed by atoms with van der Waals surface area (Å²) in [6.07, 6.45) is 2.49. The van der Waals surface area contributed by atoms with Crippen molar-refractivity contribution < 1.29 is 32.6 Å². The Hall–Kier alpha value is -3.92. The van der Waals surface area contributed by atoms with Crippen LogP contribution in [0.25, 0.3) is 0 Å². The van der Waals surface area contributed by atoms with Gasteiger partial charge >= 0.3 is 5.97 Å². The van der Waals surface area contributed by atoms with Gasteiger partial charge < -0.3 is 23.5 Å². The fourth-order valence-electron chi connectivity index (χ4n) is 4.77.